The number of para-hydroxylation sites is 1. The van der Waals surface area contributed by atoms with Crippen LogP contribution in [0.25, 0.3) is 5.69 Å². The summed E-state index contributed by atoms with van der Waals surface area (Å²) >= 11 is 0. The van der Waals surface area contributed by atoms with Crippen LogP contribution in [0.2, 0.25) is 0 Å². The largest absolute Gasteiger partial charge is 0.322 e. The second kappa shape index (κ2) is 11.1. The average Bonchev–Trinajstić information content (AvgIpc) is 3.12. The average molecular weight is 498 g/mol. The van der Waals surface area contributed by atoms with Crippen LogP contribution in [0.3, 0.4) is 0 Å². The lowest BCUT2D eigenvalue weighted by Gasteiger charge is -2.25. The van der Waals surface area contributed by atoms with E-state index in [9.17, 15) is 14.4 Å². The highest BCUT2D eigenvalue weighted by molar-refractivity contribution is 6.04. The van der Waals surface area contributed by atoms with Gasteiger partial charge in [-0.1, -0.05) is 48.5 Å². The van der Waals surface area contributed by atoms with E-state index in [1.165, 1.54) is 4.68 Å². The summed E-state index contributed by atoms with van der Waals surface area (Å²) in [6.07, 6.45) is 0. The van der Waals surface area contributed by atoms with Crippen molar-refractivity contribution in [3.63, 3.8) is 0 Å². The van der Waals surface area contributed by atoms with Crippen molar-refractivity contribution in [2.45, 2.75) is 19.9 Å². The fourth-order valence-electron chi connectivity index (χ4n) is 4.18. The van der Waals surface area contributed by atoms with Gasteiger partial charge in [-0.05, 0) is 62.9 Å². The van der Waals surface area contributed by atoms with Gasteiger partial charge in [0, 0.05) is 24.3 Å². The minimum atomic E-state index is -0.283. The lowest BCUT2D eigenvalue weighted by atomic mass is 10.1. The predicted octanol–water partition coefficient (Wildman–Crippen LogP) is 4.37. The van der Waals surface area contributed by atoms with Crippen molar-refractivity contribution in [1.29, 1.82) is 0 Å². The van der Waals surface area contributed by atoms with Gasteiger partial charge in [-0.25, -0.2) is 4.68 Å². The van der Waals surface area contributed by atoms with E-state index in [1.807, 2.05) is 91.7 Å². The third kappa shape index (κ3) is 5.70. The van der Waals surface area contributed by atoms with E-state index in [4.69, 9.17) is 0 Å². The Labute approximate surface area is 216 Å². The molecule has 4 aromatic rings. The number of hydrogen-bond acceptors (Lipinski definition) is 4. The molecule has 8 nitrogen and oxygen atoms in total. The molecule has 1 heterocycles. The Morgan fingerprint density at radius 1 is 0.919 bits per heavy atom. The van der Waals surface area contributed by atoms with Gasteiger partial charge in [0.2, 0.25) is 5.91 Å². The van der Waals surface area contributed by atoms with E-state index in [2.05, 4.69) is 10.6 Å². The number of anilines is 2. The van der Waals surface area contributed by atoms with Crippen molar-refractivity contribution in [3.05, 3.63) is 112 Å². The van der Waals surface area contributed by atoms with Crippen LogP contribution in [0.5, 0.6) is 0 Å². The highest BCUT2D eigenvalue weighted by Gasteiger charge is 2.20. The van der Waals surface area contributed by atoms with Crippen molar-refractivity contribution in [2.24, 2.45) is 7.05 Å². The molecular formula is C29H31N5O3. The molecule has 190 valence electrons. The molecular weight excluding hydrogens is 466 g/mol. The van der Waals surface area contributed by atoms with Gasteiger partial charge in [0.25, 0.3) is 11.5 Å². The van der Waals surface area contributed by atoms with Crippen LogP contribution in [0.4, 0.5) is 11.4 Å². The molecule has 0 aliphatic heterocycles. The zero-order valence-electron chi connectivity index (χ0n) is 21.4. The monoisotopic (exact) mass is 497 g/mol. The number of carbonyl (C=O) groups is 2. The Morgan fingerprint density at radius 3 is 2.24 bits per heavy atom. The number of benzene rings is 3. The van der Waals surface area contributed by atoms with Crippen molar-refractivity contribution in [3.8, 4) is 5.69 Å². The number of likely N-dealkylation sites (N-methyl/N-ethyl adjacent to an activating group) is 1. The van der Waals surface area contributed by atoms with E-state index in [1.54, 1.807) is 30.8 Å². The normalized spacial score (nSPS) is 11.8. The molecule has 0 spiro atoms. The van der Waals surface area contributed by atoms with Crippen LogP contribution in [-0.2, 0) is 11.8 Å². The standard InChI is InChI=1S/C29H31N5O3/c1-20(23-14-11-15-24(18-23)30-28(36)22-12-7-5-8-13-22)32(3)19-26(35)31-27-21(2)33(4)34(29(27)37)25-16-9-6-10-17-25/h5-18,20H,19H2,1-4H3,(H,30,36)(H,31,35). The fraction of sp³-hybridized carbons (Fsp3) is 0.207. The maximum atomic E-state index is 13.1. The summed E-state index contributed by atoms with van der Waals surface area (Å²) in [6, 6.07) is 25.8. The van der Waals surface area contributed by atoms with Gasteiger partial charge in [-0.3, -0.25) is 24.0 Å². The number of amides is 2. The van der Waals surface area contributed by atoms with Crippen molar-refractivity contribution in [1.82, 2.24) is 14.3 Å². The van der Waals surface area contributed by atoms with Crippen LogP contribution < -0.4 is 16.2 Å². The van der Waals surface area contributed by atoms with Crippen molar-refractivity contribution in [2.75, 3.05) is 24.2 Å². The molecule has 0 saturated carbocycles. The summed E-state index contributed by atoms with van der Waals surface area (Å²) in [7, 11) is 3.64. The first-order valence-corrected chi connectivity index (χ1v) is 12.1. The number of nitrogens with one attached hydrogen (secondary N) is 2. The summed E-state index contributed by atoms with van der Waals surface area (Å²) in [6.45, 7) is 3.88. The van der Waals surface area contributed by atoms with Gasteiger partial charge in [0.15, 0.2) is 0 Å². The van der Waals surface area contributed by atoms with Crippen LogP contribution in [-0.4, -0.2) is 39.7 Å². The Balaban J connectivity index is 1.43. The Morgan fingerprint density at radius 2 is 1.57 bits per heavy atom. The summed E-state index contributed by atoms with van der Waals surface area (Å²) < 4.78 is 3.27. The number of hydrogen-bond donors (Lipinski definition) is 2. The molecule has 3 aromatic carbocycles. The lowest BCUT2D eigenvalue weighted by molar-refractivity contribution is -0.117. The van der Waals surface area contributed by atoms with Gasteiger partial charge in [-0.15, -0.1) is 0 Å². The molecule has 0 radical (unpaired) electrons. The molecule has 0 saturated heterocycles. The predicted molar refractivity (Wildman–Crippen MR) is 146 cm³/mol. The Kier molecular flexibility index (Phi) is 7.69. The SMILES string of the molecule is Cc1c(NC(=O)CN(C)C(C)c2cccc(NC(=O)c3ccccc3)c2)c(=O)n(-c2ccccc2)n1C. The maximum Gasteiger partial charge on any atom is 0.295 e. The van der Waals surface area contributed by atoms with E-state index < -0.39 is 0 Å². The van der Waals surface area contributed by atoms with Gasteiger partial charge < -0.3 is 10.6 Å². The highest BCUT2D eigenvalue weighted by Crippen LogP contribution is 2.22. The smallest absolute Gasteiger partial charge is 0.295 e. The lowest BCUT2D eigenvalue weighted by Crippen LogP contribution is -2.33. The summed E-state index contributed by atoms with van der Waals surface area (Å²) in [4.78, 5) is 40.4. The number of rotatable bonds is 8. The Hall–Kier alpha value is -4.43. The molecule has 2 N–H and O–H groups in total. The second-order valence-electron chi connectivity index (χ2n) is 9.02. The minimum absolute atomic E-state index is 0.0842. The van der Waals surface area contributed by atoms with Crippen LogP contribution in [0.15, 0.2) is 89.7 Å². The quantitative estimate of drug-likeness (QED) is 0.378. The number of nitrogens with zero attached hydrogens (tertiary/aromatic N) is 3. The fourth-order valence-corrected chi connectivity index (χ4v) is 4.18. The van der Waals surface area contributed by atoms with Gasteiger partial charge in [0.05, 0.1) is 17.9 Å². The molecule has 1 unspecified atom stereocenters. The second-order valence-corrected chi connectivity index (χ2v) is 9.02. The van der Waals surface area contributed by atoms with Gasteiger partial charge in [0.1, 0.15) is 5.69 Å². The molecule has 2 amide bonds. The first-order chi connectivity index (χ1) is 17.8. The Bertz CT molecular complexity index is 1460. The molecule has 37 heavy (non-hydrogen) atoms. The molecule has 4 rings (SSSR count). The molecule has 1 aromatic heterocycles. The molecule has 8 heteroatoms. The highest BCUT2D eigenvalue weighted by atomic mass is 16.2. The molecule has 0 aliphatic rings. The van der Waals surface area contributed by atoms with E-state index in [0.717, 1.165) is 11.3 Å². The molecule has 0 fully saturated rings. The topological polar surface area (TPSA) is 88.4 Å². The zero-order valence-corrected chi connectivity index (χ0v) is 21.4. The number of aromatic nitrogens is 2. The molecule has 0 aliphatic carbocycles. The minimum Gasteiger partial charge on any atom is -0.322 e. The van der Waals surface area contributed by atoms with Crippen LogP contribution in [0.1, 0.15) is 34.6 Å². The summed E-state index contributed by atoms with van der Waals surface area (Å²) in [5, 5.41) is 5.73. The van der Waals surface area contributed by atoms with E-state index in [0.29, 0.717) is 16.9 Å². The summed E-state index contributed by atoms with van der Waals surface area (Å²) in [5.74, 6) is -0.466. The van der Waals surface area contributed by atoms with Crippen LogP contribution in [0, 0.1) is 6.92 Å². The third-order valence-electron chi connectivity index (χ3n) is 6.54. The van der Waals surface area contributed by atoms with E-state index in [-0.39, 0.29) is 35.6 Å². The summed E-state index contributed by atoms with van der Waals surface area (Å²) in [5.41, 5.74) is 3.58. The number of carbonyl (C=O) groups excluding carboxylic acids is 2. The van der Waals surface area contributed by atoms with Gasteiger partial charge >= 0.3 is 0 Å². The van der Waals surface area contributed by atoms with Gasteiger partial charge in [-0.2, -0.15) is 0 Å². The van der Waals surface area contributed by atoms with E-state index >= 15 is 0 Å². The first-order valence-electron chi connectivity index (χ1n) is 12.1. The maximum absolute atomic E-state index is 13.1. The van der Waals surface area contributed by atoms with Crippen LogP contribution >= 0.6 is 0 Å². The molecule has 1 atom stereocenters. The third-order valence-corrected chi connectivity index (χ3v) is 6.54. The van der Waals surface area contributed by atoms with Crippen molar-refractivity contribution < 1.29 is 9.59 Å². The first kappa shape index (κ1) is 25.7. The van der Waals surface area contributed by atoms with Crippen molar-refractivity contribution >= 4 is 23.2 Å². The zero-order chi connectivity index (χ0) is 26.5. The molecule has 0 bridgehead atoms.